The topological polar surface area (TPSA) is 58.6 Å². The van der Waals surface area contributed by atoms with Gasteiger partial charge in [0.25, 0.3) is 0 Å². The number of amides is 2. The minimum atomic E-state index is -0.556. The van der Waals surface area contributed by atoms with Crippen LogP contribution in [0.5, 0.6) is 5.75 Å². The third kappa shape index (κ3) is 5.34. The van der Waals surface area contributed by atoms with Crippen LogP contribution in [-0.2, 0) is 22.7 Å². The van der Waals surface area contributed by atoms with Gasteiger partial charge >= 0.3 is 0 Å². The number of carbonyl (C=O) groups is 2. The van der Waals surface area contributed by atoms with E-state index in [1.54, 1.807) is 18.9 Å². The highest BCUT2D eigenvalue weighted by atomic mass is 16.5. The van der Waals surface area contributed by atoms with E-state index in [2.05, 4.69) is 5.32 Å². The number of methoxy groups -OCH3 is 1. The number of hydrogen-bond donors (Lipinski definition) is 1. The number of benzene rings is 2. The quantitative estimate of drug-likeness (QED) is 0.831. The van der Waals surface area contributed by atoms with E-state index in [1.165, 1.54) is 12.5 Å². The Bertz CT molecular complexity index is 739. The molecular formula is C21H26N2O3. The van der Waals surface area contributed by atoms with Gasteiger partial charge < -0.3 is 15.0 Å². The summed E-state index contributed by atoms with van der Waals surface area (Å²) in [4.78, 5) is 26.1. The minimum absolute atomic E-state index is 0.140. The van der Waals surface area contributed by atoms with Gasteiger partial charge in [0, 0.05) is 20.0 Å². The van der Waals surface area contributed by atoms with E-state index in [-0.39, 0.29) is 11.8 Å². The summed E-state index contributed by atoms with van der Waals surface area (Å²) in [5.74, 6) is 0.445. The van der Waals surface area contributed by atoms with Crippen LogP contribution in [0.25, 0.3) is 0 Å². The number of hydrogen-bond acceptors (Lipinski definition) is 3. The molecule has 0 spiro atoms. The predicted octanol–water partition coefficient (Wildman–Crippen LogP) is 3.06. The van der Waals surface area contributed by atoms with Crippen LogP contribution in [0.3, 0.4) is 0 Å². The van der Waals surface area contributed by atoms with Gasteiger partial charge in [-0.25, -0.2) is 0 Å². The number of aryl methyl sites for hydroxylation is 1. The van der Waals surface area contributed by atoms with Crippen LogP contribution in [0.2, 0.25) is 0 Å². The zero-order valence-electron chi connectivity index (χ0n) is 15.8. The van der Waals surface area contributed by atoms with E-state index in [1.807, 2.05) is 55.5 Å². The van der Waals surface area contributed by atoms with Gasteiger partial charge in [0.15, 0.2) is 0 Å². The van der Waals surface area contributed by atoms with Crippen LogP contribution < -0.4 is 10.1 Å². The molecule has 0 aliphatic heterocycles. The van der Waals surface area contributed by atoms with Crippen LogP contribution in [-0.4, -0.2) is 29.9 Å². The largest absolute Gasteiger partial charge is 0.497 e. The molecule has 138 valence electrons. The minimum Gasteiger partial charge on any atom is -0.497 e. The van der Waals surface area contributed by atoms with Crippen molar-refractivity contribution >= 4 is 11.8 Å². The maximum atomic E-state index is 12.5. The zero-order valence-corrected chi connectivity index (χ0v) is 15.8. The molecule has 2 amide bonds. The average Bonchev–Trinajstić information content (AvgIpc) is 2.65. The number of nitrogens with one attached hydrogen (secondary N) is 1. The first kappa shape index (κ1) is 19.5. The normalized spacial score (nSPS) is 11.5. The van der Waals surface area contributed by atoms with Gasteiger partial charge in [0.2, 0.25) is 11.8 Å². The molecule has 0 aromatic heterocycles. The second-order valence-corrected chi connectivity index (χ2v) is 6.37. The molecule has 5 heteroatoms. The molecule has 5 nitrogen and oxygen atoms in total. The first-order valence-corrected chi connectivity index (χ1v) is 8.64. The summed E-state index contributed by atoms with van der Waals surface area (Å²) in [6, 6.07) is 14.9. The van der Waals surface area contributed by atoms with Crippen molar-refractivity contribution in [2.45, 2.75) is 39.9 Å². The Balaban J connectivity index is 1.99. The highest BCUT2D eigenvalue weighted by Crippen LogP contribution is 2.15. The standard InChI is InChI=1S/C21H26N2O3/c1-15-5-7-18(8-6-15)13-22-21(25)16(2)23(17(3)24)14-19-9-11-20(26-4)12-10-19/h5-12,16H,13-14H2,1-4H3,(H,22,25)/t16-/m1/s1. The van der Waals surface area contributed by atoms with Gasteiger partial charge in [-0.05, 0) is 37.1 Å². The molecule has 2 aromatic carbocycles. The molecule has 0 fully saturated rings. The van der Waals surface area contributed by atoms with Crippen molar-refractivity contribution in [2.24, 2.45) is 0 Å². The number of rotatable bonds is 7. The van der Waals surface area contributed by atoms with Gasteiger partial charge in [-0.1, -0.05) is 42.0 Å². The molecule has 0 saturated carbocycles. The molecular weight excluding hydrogens is 328 g/mol. The summed E-state index contributed by atoms with van der Waals surface area (Å²) >= 11 is 0. The van der Waals surface area contributed by atoms with E-state index in [0.717, 1.165) is 16.9 Å². The third-order valence-electron chi connectivity index (χ3n) is 4.35. The number of ether oxygens (including phenoxy) is 1. The third-order valence-corrected chi connectivity index (χ3v) is 4.35. The lowest BCUT2D eigenvalue weighted by Gasteiger charge is -2.27. The molecule has 0 bridgehead atoms. The highest BCUT2D eigenvalue weighted by Gasteiger charge is 2.23. The maximum Gasteiger partial charge on any atom is 0.242 e. The van der Waals surface area contributed by atoms with Crippen LogP contribution in [0, 0.1) is 6.92 Å². The van der Waals surface area contributed by atoms with Crippen molar-refractivity contribution in [1.29, 1.82) is 0 Å². The van der Waals surface area contributed by atoms with Crippen molar-refractivity contribution in [1.82, 2.24) is 10.2 Å². The number of nitrogens with zero attached hydrogens (tertiary/aromatic N) is 1. The zero-order chi connectivity index (χ0) is 19.1. The second-order valence-electron chi connectivity index (χ2n) is 6.37. The highest BCUT2D eigenvalue weighted by molar-refractivity contribution is 5.86. The monoisotopic (exact) mass is 354 g/mol. The van der Waals surface area contributed by atoms with Crippen LogP contribution in [0.1, 0.15) is 30.5 Å². The van der Waals surface area contributed by atoms with Gasteiger partial charge in [0.05, 0.1) is 7.11 Å². The molecule has 0 heterocycles. The van der Waals surface area contributed by atoms with E-state index in [4.69, 9.17) is 4.74 Å². The molecule has 1 N–H and O–H groups in total. The van der Waals surface area contributed by atoms with E-state index < -0.39 is 6.04 Å². The lowest BCUT2D eigenvalue weighted by molar-refractivity contribution is -0.139. The average molecular weight is 354 g/mol. The fourth-order valence-electron chi connectivity index (χ4n) is 2.63. The van der Waals surface area contributed by atoms with Crippen LogP contribution in [0.15, 0.2) is 48.5 Å². The van der Waals surface area contributed by atoms with Crippen LogP contribution >= 0.6 is 0 Å². The lowest BCUT2D eigenvalue weighted by Crippen LogP contribution is -2.46. The summed E-state index contributed by atoms with van der Waals surface area (Å²) in [7, 11) is 1.61. The SMILES string of the molecule is COc1ccc(CN(C(C)=O)[C@H](C)C(=O)NCc2ccc(C)cc2)cc1. The molecule has 2 aromatic rings. The lowest BCUT2D eigenvalue weighted by atomic mass is 10.1. The molecule has 0 radical (unpaired) electrons. The molecule has 2 rings (SSSR count). The summed E-state index contributed by atoms with van der Waals surface area (Å²) in [6.45, 7) is 6.06. The Labute approximate surface area is 155 Å². The first-order valence-electron chi connectivity index (χ1n) is 8.64. The van der Waals surface area contributed by atoms with Crippen molar-refractivity contribution in [3.63, 3.8) is 0 Å². The van der Waals surface area contributed by atoms with Gasteiger partial charge in [-0.2, -0.15) is 0 Å². The molecule has 0 aliphatic rings. The second kappa shape index (κ2) is 9.04. The van der Waals surface area contributed by atoms with Crippen molar-refractivity contribution in [3.8, 4) is 5.75 Å². The van der Waals surface area contributed by atoms with Gasteiger partial charge in [0.1, 0.15) is 11.8 Å². The fraction of sp³-hybridized carbons (Fsp3) is 0.333. The van der Waals surface area contributed by atoms with Crippen LogP contribution in [0.4, 0.5) is 0 Å². The molecule has 1 atom stereocenters. The number of carbonyl (C=O) groups excluding carboxylic acids is 2. The summed E-state index contributed by atoms with van der Waals surface area (Å²) in [5, 5.41) is 2.90. The molecule has 0 aliphatic carbocycles. The maximum absolute atomic E-state index is 12.5. The van der Waals surface area contributed by atoms with Crippen molar-refractivity contribution in [2.75, 3.05) is 7.11 Å². The van der Waals surface area contributed by atoms with Crippen molar-refractivity contribution < 1.29 is 14.3 Å². The Morgan fingerprint density at radius 3 is 2.15 bits per heavy atom. The van der Waals surface area contributed by atoms with Gasteiger partial charge in [-0.3, -0.25) is 9.59 Å². The van der Waals surface area contributed by atoms with E-state index in [0.29, 0.717) is 13.1 Å². The molecule has 0 unspecified atom stereocenters. The molecule has 26 heavy (non-hydrogen) atoms. The van der Waals surface area contributed by atoms with Crippen molar-refractivity contribution in [3.05, 3.63) is 65.2 Å². The van der Waals surface area contributed by atoms with Gasteiger partial charge in [-0.15, -0.1) is 0 Å². The summed E-state index contributed by atoms with van der Waals surface area (Å²) in [5.41, 5.74) is 3.15. The first-order chi connectivity index (χ1) is 12.4. The van der Waals surface area contributed by atoms with E-state index >= 15 is 0 Å². The predicted molar refractivity (Wildman–Crippen MR) is 102 cm³/mol. The van der Waals surface area contributed by atoms with E-state index in [9.17, 15) is 9.59 Å². The Morgan fingerprint density at radius 2 is 1.62 bits per heavy atom. The Hall–Kier alpha value is -2.82. The Kier molecular flexibility index (Phi) is 6.78. The Morgan fingerprint density at radius 1 is 1.04 bits per heavy atom. The summed E-state index contributed by atoms with van der Waals surface area (Å²) < 4.78 is 5.14. The fourth-order valence-corrected chi connectivity index (χ4v) is 2.63. The smallest absolute Gasteiger partial charge is 0.242 e. The molecule has 0 saturated heterocycles. The summed E-state index contributed by atoms with van der Waals surface area (Å²) in [6.07, 6.45) is 0.